The Hall–Kier alpha value is -0.0400. The van der Waals surface area contributed by atoms with Crippen LogP contribution in [-0.2, 0) is 0 Å². The van der Waals surface area contributed by atoms with Crippen molar-refractivity contribution in [2.24, 2.45) is 0 Å². The molecule has 1 fully saturated rings. The number of aliphatic hydroxyl groups is 1. The van der Waals surface area contributed by atoms with Crippen molar-refractivity contribution in [2.75, 3.05) is 0 Å². The molecule has 65 valence electrons. The molecule has 1 heteroatoms. The van der Waals surface area contributed by atoms with Gasteiger partial charge in [-0.3, -0.25) is 0 Å². The molecule has 1 saturated carbocycles. The predicted octanol–water partition coefficient (Wildman–Crippen LogP) is 3.42. The number of hydrogen-bond donors (Lipinski definition) is 1. The zero-order chi connectivity index (χ0) is 7.94. The van der Waals surface area contributed by atoms with Gasteiger partial charge in [0.05, 0.1) is 6.10 Å². The first kappa shape index (κ1) is 9.05. The summed E-state index contributed by atoms with van der Waals surface area (Å²) in [6.45, 7) is 0. The van der Waals surface area contributed by atoms with Crippen LogP contribution in [0.25, 0.3) is 0 Å². The topological polar surface area (TPSA) is 20.2 Å². The van der Waals surface area contributed by atoms with Gasteiger partial charge in [-0.1, -0.05) is 44.9 Å². The lowest BCUT2D eigenvalue weighted by atomic mass is 9.99. The van der Waals surface area contributed by atoms with E-state index < -0.39 is 0 Å². The second-order valence-electron chi connectivity index (χ2n) is 3.54. The van der Waals surface area contributed by atoms with Gasteiger partial charge in [0.15, 0.2) is 0 Å². The maximum Gasteiger partial charge on any atom is 0.0933 e. The molecule has 0 bridgehead atoms. The summed E-state index contributed by atoms with van der Waals surface area (Å²) in [4.78, 5) is 0. The first-order valence-electron chi connectivity index (χ1n) is 4.93. The van der Waals surface area contributed by atoms with Crippen LogP contribution in [0, 0.1) is 6.10 Å². The van der Waals surface area contributed by atoms with Crippen molar-refractivity contribution in [1.29, 1.82) is 0 Å². The lowest BCUT2D eigenvalue weighted by Gasteiger charge is -2.11. The van der Waals surface area contributed by atoms with E-state index in [2.05, 4.69) is 0 Å². The Balaban J connectivity index is 2.12. The molecule has 0 unspecified atom stereocenters. The van der Waals surface area contributed by atoms with E-state index in [1.165, 1.54) is 44.9 Å². The monoisotopic (exact) mass is 155 g/mol. The lowest BCUT2D eigenvalue weighted by molar-refractivity contribution is 0.255. The van der Waals surface area contributed by atoms with Gasteiger partial charge in [0.1, 0.15) is 0 Å². The summed E-state index contributed by atoms with van der Waals surface area (Å²) >= 11 is 0. The van der Waals surface area contributed by atoms with E-state index in [0.29, 0.717) is 0 Å². The molecule has 0 atom stereocenters. The first-order chi connectivity index (χ1) is 5.39. The lowest BCUT2D eigenvalue weighted by Crippen LogP contribution is -1.97. The number of rotatable bonds is 0. The molecule has 1 aliphatic rings. The van der Waals surface area contributed by atoms with Crippen LogP contribution < -0.4 is 0 Å². The van der Waals surface area contributed by atoms with Crippen molar-refractivity contribution >= 4 is 0 Å². The standard InChI is InChI=1S/C10H19O/c11-10-8-6-4-2-1-3-5-7-9-10/h11H,1-9H2. The molecule has 1 rings (SSSR count). The van der Waals surface area contributed by atoms with Gasteiger partial charge in [-0.05, 0) is 12.8 Å². The summed E-state index contributed by atoms with van der Waals surface area (Å²) in [5.41, 5.74) is 0. The van der Waals surface area contributed by atoms with Crippen molar-refractivity contribution in [3.63, 3.8) is 0 Å². The predicted molar refractivity (Wildman–Crippen MR) is 46.7 cm³/mol. The van der Waals surface area contributed by atoms with Gasteiger partial charge in [-0.15, -0.1) is 0 Å². The fourth-order valence-electron chi connectivity index (χ4n) is 1.67. The molecule has 11 heavy (non-hydrogen) atoms. The maximum atomic E-state index is 9.35. The van der Waals surface area contributed by atoms with E-state index in [0.717, 1.165) is 18.9 Å². The van der Waals surface area contributed by atoms with Crippen LogP contribution in [0.15, 0.2) is 0 Å². The molecular weight excluding hydrogens is 136 g/mol. The quantitative estimate of drug-likeness (QED) is 0.568. The van der Waals surface area contributed by atoms with Crippen LogP contribution >= 0.6 is 0 Å². The molecule has 1 aliphatic carbocycles. The van der Waals surface area contributed by atoms with Gasteiger partial charge < -0.3 is 5.11 Å². The highest BCUT2D eigenvalue weighted by Crippen LogP contribution is 2.20. The summed E-state index contributed by atoms with van der Waals surface area (Å²) < 4.78 is 0. The second-order valence-corrected chi connectivity index (χ2v) is 3.54. The van der Waals surface area contributed by atoms with E-state index in [1.54, 1.807) is 0 Å². The highest BCUT2D eigenvalue weighted by molar-refractivity contribution is 4.75. The van der Waals surface area contributed by atoms with Crippen molar-refractivity contribution in [3.05, 3.63) is 6.10 Å². The van der Waals surface area contributed by atoms with Gasteiger partial charge in [0, 0.05) is 0 Å². The Morgan fingerprint density at radius 3 is 1.45 bits per heavy atom. The van der Waals surface area contributed by atoms with E-state index in [1.807, 2.05) is 0 Å². The average molecular weight is 155 g/mol. The Kier molecular flexibility index (Phi) is 4.60. The summed E-state index contributed by atoms with van der Waals surface area (Å²) in [6.07, 6.45) is 11.8. The summed E-state index contributed by atoms with van der Waals surface area (Å²) in [5, 5.41) is 9.35. The van der Waals surface area contributed by atoms with Crippen molar-refractivity contribution in [1.82, 2.24) is 0 Å². The minimum atomic E-state index is 0.743. The highest BCUT2D eigenvalue weighted by atomic mass is 16.3. The van der Waals surface area contributed by atoms with Crippen molar-refractivity contribution in [2.45, 2.75) is 57.8 Å². The van der Waals surface area contributed by atoms with Gasteiger partial charge >= 0.3 is 0 Å². The van der Waals surface area contributed by atoms with Gasteiger partial charge in [-0.2, -0.15) is 0 Å². The van der Waals surface area contributed by atoms with Crippen LogP contribution in [0.3, 0.4) is 0 Å². The zero-order valence-corrected chi connectivity index (χ0v) is 7.31. The van der Waals surface area contributed by atoms with Crippen molar-refractivity contribution in [3.8, 4) is 0 Å². The maximum absolute atomic E-state index is 9.35. The third-order valence-corrected chi connectivity index (χ3v) is 2.43. The highest BCUT2D eigenvalue weighted by Gasteiger charge is 2.06. The molecule has 0 aromatic heterocycles. The zero-order valence-electron chi connectivity index (χ0n) is 7.31. The van der Waals surface area contributed by atoms with E-state index in [-0.39, 0.29) is 0 Å². The molecule has 0 spiro atoms. The summed E-state index contributed by atoms with van der Waals surface area (Å²) in [6, 6.07) is 0. The molecule has 0 aliphatic heterocycles. The number of aliphatic hydroxyl groups excluding tert-OH is 1. The third kappa shape index (κ3) is 4.41. The largest absolute Gasteiger partial charge is 0.387 e. The minimum Gasteiger partial charge on any atom is -0.387 e. The van der Waals surface area contributed by atoms with Crippen LogP contribution in [0.5, 0.6) is 0 Å². The fourth-order valence-corrected chi connectivity index (χ4v) is 1.67. The Morgan fingerprint density at radius 2 is 1.00 bits per heavy atom. The second kappa shape index (κ2) is 5.59. The smallest absolute Gasteiger partial charge is 0.0933 e. The molecule has 1 radical (unpaired) electrons. The molecule has 0 aromatic carbocycles. The van der Waals surface area contributed by atoms with E-state index >= 15 is 0 Å². The summed E-state index contributed by atoms with van der Waals surface area (Å²) in [5.74, 6) is 0. The van der Waals surface area contributed by atoms with Crippen molar-refractivity contribution < 1.29 is 5.11 Å². The molecular formula is C10H19O. The Labute approximate surface area is 69.8 Å². The van der Waals surface area contributed by atoms with E-state index in [9.17, 15) is 5.11 Å². The Morgan fingerprint density at radius 1 is 0.636 bits per heavy atom. The SMILES string of the molecule is O[C]1CCCCCCCCC1. The molecule has 0 saturated heterocycles. The summed E-state index contributed by atoms with van der Waals surface area (Å²) in [7, 11) is 0. The van der Waals surface area contributed by atoms with Crippen LogP contribution in [0.2, 0.25) is 0 Å². The molecule has 0 aromatic rings. The van der Waals surface area contributed by atoms with Gasteiger partial charge in [0.25, 0.3) is 0 Å². The minimum absolute atomic E-state index is 0.743. The Bertz CT molecular complexity index is 80.9. The fraction of sp³-hybridized carbons (Fsp3) is 0.900. The van der Waals surface area contributed by atoms with Gasteiger partial charge in [0.2, 0.25) is 0 Å². The molecule has 0 heterocycles. The van der Waals surface area contributed by atoms with Crippen LogP contribution in [-0.4, -0.2) is 5.11 Å². The van der Waals surface area contributed by atoms with Crippen LogP contribution in [0.4, 0.5) is 0 Å². The molecule has 0 amide bonds. The molecule has 1 N–H and O–H groups in total. The number of hydrogen-bond acceptors (Lipinski definition) is 1. The van der Waals surface area contributed by atoms with E-state index in [4.69, 9.17) is 0 Å². The first-order valence-corrected chi connectivity index (χ1v) is 4.93. The molecule has 1 nitrogen and oxygen atoms in total. The normalized spacial score (nSPS) is 24.8. The van der Waals surface area contributed by atoms with Crippen LogP contribution in [0.1, 0.15) is 57.8 Å². The average Bonchev–Trinajstić information content (AvgIpc) is 2.03. The van der Waals surface area contributed by atoms with Gasteiger partial charge in [-0.25, -0.2) is 0 Å². The third-order valence-electron chi connectivity index (χ3n) is 2.43.